The first-order chi connectivity index (χ1) is 13.0. The lowest BCUT2D eigenvalue weighted by atomic mass is 10.2. The van der Waals surface area contributed by atoms with Gasteiger partial charge >= 0.3 is 5.97 Å². The predicted molar refractivity (Wildman–Crippen MR) is 97.4 cm³/mol. The molecule has 2 aromatic carbocycles. The minimum Gasteiger partial charge on any atom is -0.465 e. The molecule has 1 amide bonds. The van der Waals surface area contributed by atoms with Gasteiger partial charge in [-0.3, -0.25) is 4.79 Å². The first-order valence-corrected chi connectivity index (χ1v) is 7.89. The Morgan fingerprint density at radius 3 is 2.07 bits per heavy atom. The fourth-order valence-electron chi connectivity index (χ4n) is 2.18. The molecule has 7 nitrogen and oxygen atoms in total. The van der Waals surface area contributed by atoms with E-state index < -0.39 is 11.9 Å². The molecule has 0 aliphatic rings. The van der Waals surface area contributed by atoms with Crippen molar-refractivity contribution in [3.63, 3.8) is 0 Å². The van der Waals surface area contributed by atoms with E-state index in [1.165, 1.54) is 43.8 Å². The molecule has 8 heteroatoms. The van der Waals surface area contributed by atoms with Crippen molar-refractivity contribution in [3.05, 3.63) is 77.9 Å². The Kier molecular flexibility index (Phi) is 5.36. The summed E-state index contributed by atoms with van der Waals surface area (Å²) in [5.74, 6) is -0.921. The van der Waals surface area contributed by atoms with E-state index in [1.807, 2.05) is 0 Å². The Bertz CT molecular complexity index is 942. The van der Waals surface area contributed by atoms with Crippen LogP contribution in [-0.2, 0) is 4.74 Å². The zero-order valence-electron chi connectivity index (χ0n) is 14.3. The molecule has 136 valence electrons. The number of carbonyl (C=O) groups excluding carboxylic acids is 2. The molecule has 0 radical (unpaired) electrons. The van der Waals surface area contributed by atoms with Crippen LogP contribution >= 0.6 is 0 Å². The van der Waals surface area contributed by atoms with Gasteiger partial charge in [-0.2, -0.15) is 0 Å². The van der Waals surface area contributed by atoms with Crippen LogP contribution in [-0.4, -0.2) is 29.0 Å². The van der Waals surface area contributed by atoms with Crippen LogP contribution in [0.5, 0.6) is 0 Å². The SMILES string of the molecule is COC(=O)c1ccc(Nc2ncc(C(=O)Nc3ccc(F)cc3)cn2)cc1. The van der Waals surface area contributed by atoms with Crippen LogP contribution in [0.3, 0.4) is 0 Å². The van der Waals surface area contributed by atoms with Gasteiger partial charge in [-0.1, -0.05) is 0 Å². The van der Waals surface area contributed by atoms with E-state index in [0.29, 0.717) is 22.9 Å². The van der Waals surface area contributed by atoms with Crippen molar-refractivity contribution in [1.82, 2.24) is 9.97 Å². The minimum absolute atomic E-state index is 0.255. The Morgan fingerprint density at radius 2 is 1.48 bits per heavy atom. The van der Waals surface area contributed by atoms with E-state index in [-0.39, 0.29) is 11.4 Å². The number of benzene rings is 2. The van der Waals surface area contributed by atoms with Gasteiger partial charge in [0.05, 0.1) is 18.2 Å². The monoisotopic (exact) mass is 366 g/mol. The number of nitrogens with one attached hydrogen (secondary N) is 2. The van der Waals surface area contributed by atoms with Crippen LogP contribution in [0, 0.1) is 5.82 Å². The maximum atomic E-state index is 12.9. The molecule has 0 aliphatic carbocycles. The van der Waals surface area contributed by atoms with E-state index in [1.54, 1.807) is 24.3 Å². The number of anilines is 3. The van der Waals surface area contributed by atoms with Crippen molar-refractivity contribution < 1.29 is 18.7 Å². The summed E-state index contributed by atoms with van der Waals surface area (Å²) in [5, 5.41) is 5.59. The van der Waals surface area contributed by atoms with Crippen LogP contribution in [0.2, 0.25) is 0 Å². The summed E-state index contributed by atoms with van der Waals surface area (Å²) in [7, 11) is 1.32. The summed E-state index contributed by atoms with van der Waals surface area (Å²) in [6.07, 6.45) is 2.74. The van der Waals surface area contributed by atoms with Gasteiger partial charge in [-0.25, -0.2) is 19.2 Å². The molecule has 0 saturated carbocycles. The zero-order chi connectivity index (χ0) is 19.2. The third-order valence-electron chi connectivity index (χ3n) is 3.58. The molecular weight excluding hydrogens is 351 g/mol. The highest BCUT2D eigenvalue weighted by molar-refractivity contribution is 6.03. The molecule has 0 fully saturated rings. The quantitative estimate of drug-likeness (QED) is 0.672. The fraction of sp³-hybridized carbons (Fsp3) is 0.0526. The summed E-state index contributed by atoms with van der Waals surface area (Å²) in [6.45, 7) is 0. The van der Waals surface area contributed by atoms with Gasteiger partial charge in [0.2, 0.25) is 5.95 Å². The van der Waals surface area contributed by atoms with Crippen molar-refractivity contribution >= 4 is 29.2 Å². The highest BCUT2D eigenvalue weighted by atomic mass is 19.1. The number of ether oxygens (including phenoxy) is 1. The van der Waals surface area contributed by atoms with E-state index in [0.717, 1.165) is 0 Å². The first kappa shape index (κ1) is 18.0. The number of rotatable bonds is 5. The fourth-order valence-corrected chi connectivity index (χ4v) is 2.18. The molecular formula is C19H15FN4O3. The average Bonchev–Trinajstić information content (AvgIpc) is 2.70. The average molecular weight is 366 g/mol. The normalized spacial score (nSPS) is 10.1. The summed E-state index contributed by atoms with van der Waals surface area (Å²) in [5.41, 5.74) is 1.82. The predicted octanol–water partition coefficient (Wildman–Crippen LogP) is 3.40. The van der Waals surface area contributed by atoms with Gasteiger partial charge in [0.25, 0.3) is 5.91 Å². The second-order valence-electron chi connectivity index (χ2n) is 5.45. The van der Waals surface area contributed by atoms with Crippen molar-refractivity contribution in [2.24, 2.45) is 0 Å². The van der Waals surface area contributed by atoms with E-state index >= 15 is 0 Å². The molecule has 0 unspecified atom stereocenters. The minimum atomic E-state index is -0.422. The largest absolute Gasteiger partial charge is 0.465 e. The number of nitrogens with zero attached hydrogens (tertiary/aromatic N) is 2. The van der Waals surface area contributed by atoms with E-state index in [4.69, 9.17) is 0 Å². The van der Waals surface area contributed by atoms with E-state index in [9.17, 15) is 14.0 Å². The summed E-state index contributed by atoms with van der Waals surface area (Å²) in [6, 6.07) is 12.0. The van der Waals surface area contributed by atoms with Crippen LogP contribution in [0.4, 0.5) is 21.7 Å². The van der Waals surface area contributed by atoms with Crippen molar-refractivity contribution in [1.29, 1.82) is 0 Å². The Hall–Kier alpha value is -3.81. The molecule has 3 aromatic rings. The lowest BCUT2D eigenvalue weighted by Crippen LogP contribution is -2.13. The number of halogens is 1. The number of carbonyl (C=O) groups is 2. The highest BCUT2D eigenvalue weighted by Gasteiger charge is 2.09. The molecule has 0 atom stereocenters. The number of amides is 1. The lowest BCUT2D eigenvalue weighted by Gasteiger charge is -2.07. The topological polar surface area (TPSA) is 93.2 Å². The molecule has 2 N–H and O–H groups in total. The number of hydrogen-bond donors (Lipinski definition) is 2. The molecule has 0 bridgehead atoms. The van der Waals surface area contributed by atoms with Gasteiger partial charge in [0.15, 0.2) is 0 Å². The molecule has 0 saturated heterocycles. The summed E-state index contributed by atoms with van der Waals surface area (Å²) < 4.78 is 17.5. The van der Waals surface area contributed by atoms with Crippen LogP contribution in [0.15, 0.2) is 60.9 Å². The summed E-state index contributed by atoms with van der Waals surface area (Å²) in [4.78, 5) is 31.7. The first-order valence-electron chi connectivity index (χ1n) is 7.89. The van der Waals surface area contributed by atoms with E-state index in [2.05, 4.69) is 25.3 Å². The molecule has 27 heavy (non-hydrogen) atoms. The molecule has 0 spiro atoms. The van der Waals surface area contributed by atoms with Crippen LogP contribution in [0.25, 0.3) is 0 Å². The number of hydrogen-bond acceptors (Lipinski definition) is 6. The number of esters is 1. The molecule has 0 aliphatic heterocycles. The molecule has 1 heterocycles. The van der Waals surface area contributed by atoms with Gasteiger partial charge in [-0.15, -0.1) is 0 Å². The second-order valence-corrected chi connectivity index (χ2v) is 5.45. The zero-order valence-corrected chi connectivity index (χ0v) is 14.3. The Balaban J connectivity index is 1.63. The Morgan fingerprint density at radius 1 is 0.889 bits per heavy atom. The van der Waals surface area contributed by atoms with Crippen LogP contribution in [0.1, 0.15) is 20.7 Å². The molecule has 3 rings (SSSR count). The van der Waals surface area contributed by atoms with Crippen LogP contribution < -0.4 is 10.6 Å². The maximum Gasteiger partial charge on any atom is 0.337 e. The lowest BCUT2D eigenvalue weighted by molar-refractivity contribution is 0.0600. The smallest absolute Gasteiger partial charge is 0.337 e. The van der Waals surface area contributed by atoms with Gasteiger partial charge < -0.3 is 15.4 Å². The third kappa shape index (κ3) is 4.63. The van der Waals surface area contributed by atoms with Gasteiger partial charge in [-0.05, 0) is 48.5 Å². The Labute approximate surface area is 154 Å². The molecule has 1 aromatic heterocycles. The van der Waals surface area contributed by atoms with Crippen molar-refractivity contribution in [2.45, 2.75) is 0 Å². The highest BCUT2D eigenvalue weighted by Crippen LogP contribution is 2.15. The second kappa shape index (κ2) is 8.05. The number of methoxy groups -OCH3 is 1. The van der Waals surface area contributed by atoms with Gasteiger partial charge in [0.1, 0.15) is 5.82 Å². The van der Waals surface area contributed by atoms with Crippen molar-refractivity contribution in [2.75, 3.05) is 17.7 Å². The van der Waals surface area contributed by atoms with Gasteiger partial charge in [0, 0.05) is 23.8 Å². The van der Waals surface area contributed by atoms with Crippen molar-refractivity contribution in [3.8, 4) is 0 Å². The standard InChI is InChI=1S/C19H15FN4O3/c1-27-18(26)12-2-6-16(7-3-12)24-19-21-10-13(11-22-19)17(25)23-15-8-4-14(20)5-9-15/h2-11H,1H3,(H,23,25)(H,21,22,24). The third-order valence-corrected chi connectivity index (χ3v) is 3.58. The maximum absolute atomic E-state index is 12.9. The summed E-state index contributed by atoms with van der Waals surface area (Å²) >= 11 is 0. The number of aromatic nitrogens is 2.